The van der Waals surface area contributed by atoms with E-state index in [9.17, 15) is 26.4 Å². The molecule has 16 heteroatoms. The van der Waals surface area contributed by atoms with Gasteiger partial charge in [0.1, 0.15) is 10.0 Å². The number of carbonyl (C=O) groups excluding carboxylic acids is 2. The summed E-state index contributed by atoms with van der Waals surface area (Å²) in [5.41, 5.74) is 1.16. The maximum Gasteiger partial charge on any atom is 0.230 e. The van der Waals surface area contributed by atoms with Gasteiger partial charge in [-0.1, -0.05) is 53.4 Å². The molecule has 1 fully saturated rings. The highest BCUT2D eigenvalue weighted by atomic mass is 32.2. The number of nitrogens with zero attached hydrogens (tertiary/aromatic N) is 4. The number of amides is 2. The standard InChI is InChI=1S/C28H30N6O6S4/c1-43(37,38)21-10-3-6-17(12-21)14-23(35)29-27-33-31-25(41-27)19-8-5-9-20(16-19)26-32-34-28(42-26)30-24(36)15-18-7-4-11-22(13-18)44(2,39)40/h3-4,6-7,10-13,19-20H,5,8-9,14-16H2,1-2H3,(H,29,33,35)(H,30,34,36). The zero-order valence-electron chi connectivity index (χ0n) is 23.9. The number of anilines is 2. The minimum atomic E-state index is -3.37. The fourth-order valence-corrected chi connectivity index (χ4v) is 8.20. The number of aromatic nitrogens is 4. The molecule has 44 heavy (non-hydrogen) atoms. The Bertz CT molecular complexity index is 1770. The lowest BCUT2D eigenvalue weighted by Crippen LogP contribution is -2.14. The van der Waals surface area contributed by atoms with Crippen LogP contribution in [0.4, 0.5) is 10.3 Å². The molecule has 0 saturated heterocycles. The molecular weight excluding hydrogens is 645 g/mol. The second-order valence-electron chi connectivity index (χ2n) is 10.7. The molecule has 2 aromatic heterocycles. The Balaban J connectivity index is 1.16. The molecule has 2 heterocycles. The molecule has 1 aliphatic carbocycles. The third-order valence-electron chi connectivity index (χ3n) is 7.13. The lowest BCUT2D eigenvalue weighted by atomic mass is 9.82. The average molecular weight is 675 g/mol. The third-order valence-corrected chi connectivity index (χ3v) is 11.4. The van der Waals surface area contributed by atoms with Gasteiger partial charge in [0.2, 0.25) is 22.1 Å². The van der Waals surface area contributed by atoms with Crippen molar-refractivity contribution in [3.63, 3.8) is 0 Å². The van der Waals surface area contributed by atoms with Gasteiger partial charge in [0.15, 0.2) is 19.7 Å². The van der Waals surface area contributed by atoms with Crippen molar-refractivity contribution in [1.82, 2.24) is 20.4 Å². The number of nitrogens with one attached hydrogen (secondary N) is 2. The molecule has 0 aliphatic heterocycles. The summed E-state index contributed by atoms with van der Waals surface area (Å²) in [6.45, 7) is 0. The summed E-state index contributed by atoms with van der Waals surface area (Å²) < 4.78 is 47.2. The average Bonchev–Trinajstić information content (AvgIpc) is 3.62. The van der Waals surface area contributed by atoms with E-state index in [1.54, 1.807) is 24.3 Å². The molecular formula is C28H30N6O6S4. The highest BCUT2D eigenvalue weighted by Crippen LogP contribution is 2.43. The Hall–Kier alpha value is -3.60. The molecule has 2 amide bonds. The van der Waals surface area contributed by atoms with Gasteiger partial charge < -0.3 is 10.6 Å². The molecule has 0 spiro atoms. The fourth-order valence-electron chi connectivity index (χ4n) is 5.01. The van der Waals surface area contributed by atoms with Crippen LogP contribution in [0.3, 0.4) is 0 Å². The second kappa shape index (κ2) is 13.2. The maximum atomic E-state index is 12.6. The summed E-state index contributed by atoms with van der Waals surface area (Å²) in [6, 6.07) is 12.6. The first kappa shape index (κ1) is 31.8. The highest BCUT2D eigenvalue weighted by molar-refractivity contribution is 7.91. The predicted molar refractivity (Wildman–Crippen MR) is 168 cm³/mol. The largest absolute Gasteiger partial charge is 0.300 e. The van der Waals surface area contributed by atoms with Gasteiger partial charge in [0, 0.05) is 24.3 Å². The van der Waals surface area contributed by atoms with Gasteiger partial charge in [-0.05, 0) is 54.7 Å². The molecule has 1 aliphatic rings. The van der Waals surface area contributed by atoms with Crippen LogP contribution in [0.2, 0.25) is 0 Å². The van der Waals surface area contributed by atoms with E-state index in [0.717, 1.165) is 48.2 Å². The monoisotopic (exact) mass is 674 g/mol. The zero-order valence-corrected chi connectivity index (χ0v) is 27.2. The van der Waals surface area contributed by atoms with E-state index in [-0.39, 0.29) is 46.3 Å². The number of carbonyl (C=O) groups is 2. The van der Waals surface area contributed by atoms with E-state index in [2.05, 4.69) is 31.0 Å². The van der Waals surface area contributed by atoms with Gasteiger partial charge in [0.25, 0.3) is 0 Å². The van der Waals surface area contributed by atoms with Gasteiger partial charge >= 0.3 is 0 Å². The number of rotatable bonds is 10. The smallest absolute Gasteiger partial charge is 0.230 e. The molecule has 0 radical (unpaired) electrons. The zero-order chi connectivity index (χ0) is 31.5. The molecule has 2 atom stereocenters. The first-order valence-corrected chi connectivity index (χ1v) is 19.1. The normalized spacial score (nSPS) is 17.2. The molecule has 232 valence electrons. The number of hydrogen-bond donors (Lipinski definition) is 2. The summed E-state index contributed by atoms with van der Waals surface area (Å²) in [7, 11) is -6.74. The van der Waals surface area contributed by atoms with Crippen LogP contribution < -0.4 is 10.6 Å². The van der Waals surface area contributed by atoms with Crippen LogP contribution >= 0.6 is 22.7 Å². The van der Waals surface area contributed by atoms with Gasteiger partial charge in [-0.2, -0.15) is 0 Å². The van der Waals surface area contributed by atoms with Gasteiger partial charge in [0.05, 0.1) is 22.6 Å². The Kier molecular flexibility index (Phi) is 9.53. The quantitative estimate of drug-likeness (QED) is 0.250. The number of sulfone groups is 2. The van der Waals surface area contributed by atoms with Crippen LogP contribution in [-0.2, 0) is 42.1 Å². The Morgan fingerprint density at radius 2 is 1.16 bits per heavy atom. The van der Waals surface area contributed by atoms with Crippen LogP contribution in [0.1, 0.15) is 58.7 Å². The van der Waals surface area contributed by atoms with Crippen LogP contribution in [0, 0.1) is 0 Å². The number of benzene rings is 2. The van der Waals surface area contributed by atoms with Crippen LogP contribution in [0.5, 0.6) is 0 Å². The van der Waals surface area contributed by atoms with E-state index >= 15 is 0 Å². The van der Waals surface area contributed by atoms with Crippen molar-refractivity contribution in [1.29, 1.82) is 0 Å². The van der Waals surface area contributed by atoms with Gasteiger partial charge in [-0.3, -0.25) is 9.59 Å². The van der Waals surface area contributed by atoms with E-state index in [1.165, 1.54) is 46.9 Å². The van der Waals surface area contributed by atoms with Crippen molar-refractivity contribution in [2.24, 2.45) is 0 Å². The number of hydrogen-bond acceptors (Lipinski definition) is 12. The molecule has 4 aromatic rings. The molecule has 5 rings (SSSR count). The Labute approximate surface area is 263 Å². The van der Waals surface area contributed by atoms with Crippen molar-refractivity contribution < 1.29 is 26.4 Å². The molecule has 12 nitrogen and oxygen atoms in total. The summed E-state index contributed by atoms with van der Waals surface area (Å²) in [4.78, 5) is 25.5. The van der Waals surface area contributed by atoms with Gasteiger partial charge in [-0.25, -0.2) is 16.8 Å². The SMILES string of the molecule is CS(=O)(=O)c1cccc(CC(=O)Nc2nnc(C3CCCC(c4nnc(NC(=O)Cc5cccc(S(C)(=O)=O)c5)s4)C3)s2)c1. The lowest BCUT2D eigenvalue weighted by Gasteiger charge is -2.25. The maximum absolute atomic E-state index is 12.6. The Morgan fingerprint density at radius 3 is 1.57 bits per heavy atom. The second-order valence-corrected chi connectivity index (χ2v) is 16.8. The highest BCUT2D eigenvalue weighted by Gasteiger charge is 2.29. The lowest BCUT2D eigenvalue weighted by molar-refractivity contribution is -0.116. The fraction of sp³-hybridized carbons (Fsp3) is 0.357. The molecule has 0 bridgehead atoms. The first-order chi connectivity index (χ1) is 20.8. The van der Waals surface area contributed by atoms with Crippen LogP contribution in [-0.4, -0.2) is 61.6 Å². The third kappa shape index (κ3) is 8.31. The minimum Gasteiger partial charge on any atom is -0.300 e. The van der Waals surface area contributed by atoms with Crippen molar-refractivity contribution in [2.75, 3.05) is 23.1 Å². The van der Waals surface area contributed by atoms with Crippen LogP contribution in [0.25, 0.3) is 0 Å². The summed E-state index contributed by atoms with van der Waals surface area (Å²) in [5, 5.41) is 24.9. The Morgan fingerprint density at radius 1 is 0.727 bits per heavy atom. The molecule has 1 saturated carbocycles. The molecule has 2 aromatic carbocycles. The van der Waals surface area contributed by atoms with Gasteiger partial charge in [-0.15, -0.1) is 20.4 Å². The van der Waals surface area contributed by atoms with E-state index < -0.39 is 19.7 Å². The van der Waals surface area contributed by atoms with Crippen molar-refractivity contribution in [3.8, 4) is 0 Å². The predicted octanol–water partition coefficient (Wildman–Crippen LogP) is 4.00. The summed E-state index contributed by atoms with van der Waals surface area (Å²) in [6.07, 6.45) is 5.84. The van der Waals surface area contributed by atoms with E-state index in [4.69, 9.17) is 0 Å². The first-order valence-electron chi connectivity index (χ1n) is 13.7. The summed E-state index contributed by atoms with van der Waals surface area (Å²) in [5.74, 6) is -0.363. The van der Waals surface area contributed by atoms with Crippen molar-refractivity contribution >= 4 is 64.4 Å². The molecule has 2 N–H and O–H groups in total. The molecule has 2 unspecified atom stereocenters. The van der Waals surface area contributed by atoms with Crippen LogP contribution in [0.15, 0.2) is 58.3 Å². The minimum absolute atomic E-state index is 0.00668. The van der Waals surface area contributed by atoms with Crippen molar-refractivity contribution in [3.05, 3.63) is 69.7 Å². The van der Waals surface area contributed by atoms with E-state index in [0.29, 0.717) is 21.4 Å². The van der Waals surface area contributed by atoms with E-state index in [1.807, 2.05) is 0 Å². The van der Waals surface area contributed by atoms with Crippen molar-refractivity contribution in [2.45, 2.75) is 60.2 Å². The topological polar surface area (TPSA) is 178 Å². The summed E-state index contributed by atoms with van der Waals surface area (Å²) >= 11 is 2.65.